The molecule has 29 heavy (non-hydrogen) atoms. The molecule has 0 nitrogen and oxygen atoms in total. The molecular weight excluding hydrogens is 474 g/mol. The maximum absolute atomic E-state index is 2.56. The summed E-state index contributed by atoms with van der Waals surface area (Å²) in [4.78, 5) is 0. The standard InChI is InChI=1S/2C13H21.2ClH.Zr/c2*1-12(2,3)10-8-7-9-11(10)13(4,5)6;;;/h2*8H,7H2,1-6H3;2*1H;/q;;;;+2/p-2. The Hall–Kier alpha value is 0.423. The third kappa shape index (κ3) is 6.70. The van der Waals surface area contributed by atoms with Gasteiger partial charge in [0.2, 0.25) is 0 Å². The van der Waals surface area contributed by atoms with Crippen LogP contribution < -0.4 is 24.8 Å². The Balaban J connectivity index is 0.00000392. The molecule has 164 valence electrons. The van der Waals surface area contributed by atoms with Crippen LogP contribution in [0, 0.1) is 21.7 Å². The van der Waals surface area contributed by atoms with E-state index in [1.807, 2.05) is 6.56 Å². The van der Waals surface area contributed by atoms with Crippen molar-refractivity contribution in [3.63, 3.8) is 0 Å². The summed E-state index contributed by atoms with van der Waals surface area (Å²) in [6, 6.07) is 0. The van der Waals surface area contributed by atoms with Gasteiger partial charge in [0.05, 0.1) is 0 Å². The van der Waals surface area contributed by atoms with Gasteiger partial charge in [-0.25, -0.2) is 0 Å². The van der Waals surface area contributed by atoms with Gasteiger partial charge in [-0.1, -0.05) is 0 Å². The summed E-state index contributed by atoms with van der Waals surface area (Å²) in [7, 11) is 0. The van der Waals surface area contributed by atoms with Crippen molar-refractivity contribution >= 4 is 0 Å². The predicted octanol–water partition coefficient (Wildman–Crippen LogP) is 2.43. The average molecular weight is 517 g/mol. The molecule has 0 spiro atoms. The Morgan fingerprint density at radius 2 is 0.793 bits per heavy atom. The summed E-state index contributed by atoms with van der Waals surface area (Å²) >= 11 is -0.764. The quantitative estimate of drug-likeness (QED) is 0.529. The van der Waals surface area contributed by atoms with Crippen LogP contribution in [-0.4, -0.2) is 0 Å². The van der Waals surface area contributed by atoms with Crippen LogP contribution in [0.3, 0.4) is 0 Å². The maximum Gasteiger partial charge on any atom is -1.00 e. The molecule has 0 amide bonds. The summed E-state index contributed by atoms with van der Waals surface area (Å²) in [6.07, 6.45) is 7.52. The Labute approximate surface area is 205 Å². The fraction of sp³-hybridized carbons (Fsp3) is 0.692. The summed E-state index contributed by atoms with van der Waals surface area (Å²) < 4.78 is 3.66. The molecular formula is C26H42Cl2Zr. The van der Waals surface area contributed by atoms with E-state index in [0.29, 0.717) is 0 Å². The van der Waals surface area contributed by atoms with E-state index in [-0.39, 0.29) is 46.5 Å². The van der Waals surface area contributed by atoms with Crippen LogP contribution in [0.25, 0.3) is 0 Å². The molecule has 0 aromatic heterocycles. The molecule has 3 heteroatoms. The number of halogens is 2. The first-order chi connectivity index (χ1) is 11.9. The van der Waals surface area contributed by atoms with Crippen molar-refractivity contribution < 1.29 is 48.0 Å². The monoisotopic (exact) mass is 514 g/mol. The van der Waals surface area contributed by atoms with E-state index in [4.69, 9.17) is 0 Å². The van der Waals surface area contributed by atoms with Crippen LogP contribution in [0.5, 0.6) is 0 Å². The van der Waals surface area contributed by atoms with Crippen molar-refractivity contribution in [1.82, 2.24) is 0 Å². The second-order valence-electron chi connectivity index (χ2n) is 12.5. The van der Waals surface area contributed by atoms with Crippen molar-refractivity contribution in [2.24, 2.45) is 21.7 Å². The van der Waals surface area contributed by atoms with Gasteiger partial charge in [-0.05, 0) is 0 Å². The Bertz CT molecular complexity index is 670. The number of hydrogen-bond donors (Lipinski definition) is 0. The minimum absolute atomic E-state index is 0. The molecule has 0 aromatic rings. The van der Waals surface area contributed by atoms with E-state index in [9.17, 15) is 0 Å². The Morgan fingerprint density at radius 3 is 1.00 bits per heavy atom. The second-order valence-corrected chi connectivity index (χ2v) is 16.1. The van der Waals surface area contributed by atoms with Crippen LogP contribution in [0.15, 0.2) is 41.0 Å². The molecule has 0 saturated carbocycles. The van der Waals surface area contributed by atoms with E-state index in [0.717, 1.165) is 0 Å². The average Bonchev–Trinajstić information content (AvgIpc) is 3.00. The zero-order valence-corrected chi connectivity index (χ0v) is 24.8. The zero-order chi connectivity index (χ0) is 21.0. The molecule has 0 N–H and O–H groups in total. The van der Waals surface area contributed by atoms with Gasteiger partial charge in [0.1, 0.15) is 0 Å². The molecule has 0 atom stereocenters. The van der Waals surface area contributed by atoms with E-state index in [1.165, 1.54) is 12.8 Å². The summed E-state index contributed by atoms with van der Waals surface area (Å²) in [5, 5.41) is 0. The third-order valence-corrected chi connectivity index (χ3v) is 9.30. The fourth-order valence-corrected chi connectivity index (χ4v) is 9.65. The normalized spacial score (nSPS) is 18.2. The minimum atomic E-state index is -0.764. The number of allylic oxidation sites excluding steroid dienone is 8. The van der Waals surface area contributed by atoms with E-state index in [1.54, 1.807) is 22.3 Å². The van der Waals surface area contributed by atoms with Crippen molar-refractivity contribution in [2.45, 2.75) is 95.9 Å². The topological polar surface area (TPSA) is 0 Å². The third-order valence-electron chi connectivity index (χ3n) is 5.58. The second kappa shape index (κ2) is 9.50. The first kappa shape index (κ1) is 29.4. The van der Waals surface area contributed by atoms with Crippen LogP contribution in [0.1, 0.15) is 95.9 Å². The summed E-state index contributed by atoms with van der Waals surface area (Å²) in [5.41, 5.74) is 7.61. The molecule has 2 aliphatic rings. The Kier molecular flexibility index (Phi) is 9.64. The van der Waals surface area contributed by atoms with Gasteiger partial charge >= 0.3 is 182 Å². The molecule has 2 rings (SSSR count). The molecule has 0 bridgehead atoms. The van der Waals surface area contributed by atoms with Crippen LogP contribution >= 0.6 is 0 Å². The van der Waals surface area contributed by atoms with Crippen LogP contribution in [0.4, 0.5) is 0 Å². The molecule has 0 radical (unpaired) electrons. The van der Waals surface area contributed by atoms with Crippen molar-refractivity contribution in [2.75, 3.05) is 0 Å². The smallest absolute Gasteiger partial charge is 1.00 e. The minimum Gasteiger partial charge on any atom is -1.00 e. The molecule has 2 aliphatic carbocycles. The first-order valence-electron chi connectivity index (χ1n) is 10.6. The van der Waals surface area contributed by atoms with Crippen LogP contribution in [-0.2, 0) is 23.2 Å². The molecule has 0 saturated heterocycles. The van der Waals surface area contributed by atoms with Crippen molar-refractivity contribution in [3.8, 4) is 0 Å². The van der Waals surface area contributed by atoms with Crippen molar-refractivity contribution in [1.29, 1.82) is 0 Å². The number of rotatable bonds is 2. The largest absolute Gasteiger partial charge is 1.00 e. The summed E-state index contributed by atoms with van der Waals surface area (Å²) in [5.74, 6) is 0. The van der Waals surface area contributed by atoms with Gasteiger partial charge in [0, 0.05) is 0 Å². The molecule has 0 fully saturated rings. The van der Waals surface area contributed by atoms with Gasteiger partial charge in [0.25, 0.3) is 0 Å². The first-order valence-corrected chi connectivity index (χ1v) is 13.1. The van der Waals surface area contributed by atoms with Gasteiger partial charge in [0.15, 0.2) is 0 Å². The SMILES string of the molecule is CC(C)(C)C1=CC[C]([Zr+2][C]2=C(C(C)(C)C)C(C(C)(C)C)=CC2)=C1C(C)(C)C.[Cl-].[Cl-]. The molecule has 0 heterocycles. The molecule has 0 aromatic carbocycles. The summed E-state index contributed by atoms with van der Waals surface area (Å²) in [6.45, 7) is 28.8. The van der Waals surface area contributed by atoms with Gasteiger partial charge in [-0.15, -0.1) is 0 Å². The van der Waals surface area contributed by atoms with E-state index >= 15 is 0 Å². The molecule has 0 unspecified atom stereocenters. The van der Waals surface area contributed by atoms with Gasteiger partial charge in [-0.3, -0.25) is 0 Å². The van der Waals surface area contributed by atoms with E-state index in [2.05, 4.69) is 95.2 Å². The maximum atomic E-state index is 2.56. The van der Waals surface area contributed by atoms with Gasteiger partial charge < -0.3 is 24.8 Å². The van der Waals surface area contributed by atoms with Gasteiger partial charge in [-0.2, -0.15) is 0 Å². The number of hydrogen-bond acceptors (Lipinski definition) is 0. The predicted molar refractivity (Wildman–Crippen MR) is 117 cm³/mol. The van der Waals surface area contributed by atoms with Crippen molar-refractivity contribution in [3.05, 3.63) is 41.0 Å². The van der Waals surface area contributed by atoms with E-state index < -0.39 is 23.2 Å². The Morgan fingerprint density at radius 1 is 0.517 bits per heavy atom. The fourth-order valence-electron chi connectivity index (χ4n) is 4.63. The molecule has 0 aliphatic heterocycles. The zero-order valence-electron chi connectivity index (χ0n) is 20.8. The van der Waals surface area contributed by atoms with Crippen LogP contribution in [0.2, 0.25) is 0 Å².